The van der Waals surface area contributed by atoms with Gasteiger partial charge in [-0.3, -0.25) is 0 Å². The number of methoxy groups -OCH3 is 1. The number of hydrogen-bond donors (Lipinski definition) is 1. The van der Waals surface area contributed by atoms with Gasteiger partial charge in [0.15, 0.2) is 0 Å². The molecule has 2 N–H and O–H groups in total. The summed E-state index contributed by atoms with van der Waals surface area (Å²) in [6.45, 7) is 0. The number of hydrogen-bond acceptors (Lipinski definition) is 3. The van der Waals surface area contributed by atoms with E-state index in [0.717, 1.165) is 0 Å². The van der Waals surface area contributed by atoms with Crippen LogP contribution in [0.3, 0.4) is 0 Å². The van der Waals surface area contributed by atoms with Crippen molar-refractivity contribution in [3.63, 3.8) is 0 Å². The van der Waals surface area contributed by atoms with Crippen molar-refractivity contribution < 1.29 is 9.13 Å². The monoisotopic (exact) mass is 246 g/mol. The minimum absolute atomic E-state index is 0.315. The van der Waals surface area contributed by atoms with Gasteiger partial charge >= 0.3 is 0 Å². The second-order valence-corrected chi connectivity index (χ2v) is 3.14. The lowest BCUT2D eigenvalue weighted by molar-refractivity contribution is 0.408. The quantitative estimate of drug-likeness (QED) is 0.492. The van der Waals surface area contributed by atoms with Crippen molar-refractivity contribution in [3.8, 4) is 5.75 Å². The van der Waals surface area contributed by atoms with Crippen LogP contribution in [0, 0.1) is 5.82 Å². The lowest BCUT2D eigenvalue weighted by atomic mass is 10.2. The molecule has 1 aromatic rings. The predicted octanol–water partition coefficient (Wildman–Crippen LogP) is 1.89. The molecule has 0 atom stereocenters. The van der Waals surface area contributed by atoms with Gasteiger partial charge in [0.1, 0.15) is 11.6 Å². The third kappa shape index (κ3) is 2.18. The second-order valence-electron chi connectivity index (χ2n) is 2.29. The molecule has 0 aliphatic carbocycles. The molecule has 0 unspecified atom stereocenters. The molecule has 0 heterocycles. The van der Waals surface area contributed by atoms with E-state index in [4.69, 9.17) is 10.6 Å². The summed E-state index contributed by atoms with van der Waals surface area (Å²) >= 11 is 3.22. The van der Waals surface area contributed by atoms with Crippen LogP contribution in [0.25, 0.3) is 0 Å². The average Bonchev–Trinajstić information content (AvgIpc) is 2.11. The maximum absolute atomic E-state index is 13.2. The maximum atomic E-state index is 13.2. The largest absolute Gasteiger partial charge is 0.495 e. The Labute approximate surface area is 83.5 Å². The average molecular weight is 247 g/mol. The van der Waals surface area contributed by atoms with Crippen molar-refractivity contribution >= 4 is 22.1 Å². The highest BCUT2D eigenvalue weighted by Gasteiger charge is 2.06. The van der Waals surface area contributed by atoms with Crippen LogP contribution in [-0.2, 0) is 0 Å². The van der Waals surface area contributed by atoms with Crippen LogP contribution in [0.2, 0.25) is 0 Å². The van der Waals surface area contributed by atoms with Gasteiger partial charge < -0.3 is 10.6 Å². The Bertz CT molecular complexity index is 341. The summed E-state index contributed by atoms with van der Waals surface area (Å²) in [5, 5.41) is 3.24. The fourth-order valence-electron chi connectivity index (χ4n) is 0.880. The van der Waals surface area contributed by atoms with E-state index in [-0.39, 0.29) is 0 Å². The SMILES string of the molecule is COc1cc(F)c(C=NN)cc1Br. The maximum Gasteiger partial charge on any atom is 0.136 e. The summed E-state index contributed by atoms with van der Waals surface area (Å²) in [4.78, 5) is 0. The van der Waals surface area contributed by atoms with Crippen molar-refractivity contribution in [2.45, 2.75) is 0 Å². The Morgan fingerprint density at radius 1 is 1.62 bits per heavy atom. The van der Waals surface area contributed by atoms with Crippen LogP contribution >= 0.6 is 15.9 Å². The molecule has 0 radical (unpaired) electrons. The molecule has 13 heavy (non-hydrogen) atoms. The molecule has 0 aliphatic rings. The van der Waals surface area contributed by atoms with E-state index >= 15 is 0 Å². The van der Waals surface area contributed by atoms with Crippen LogP contribution in [0.5, 0.6) is 5.75 Å². The number of nitrogens with two attached hydrogens (primary N) is 1. The first kappa shape index (κ1) is 9.98. The minimum Gasteiger partial charge on any atom is -0.495 e. The summed E-state index contributed by atoms with van der Waals surface area (Å²) in [7, 11) is 1.47. The zero-order valence-electron chi connectivity index (χ0n) is 6.92. The molecule has 0 bridgehead atoms. The van der Waals surface area contributed by atoms with Gasteiger partial charge in [-0.25, -0.2) is 4.39 Å². The van der Waals surface area contributed by atoms with Crippen molar-refractivity contribution in [1.29, 1.82) is 0 Å². The number of hydrazone groups is 1. The summed E-state index contributed by atoms with van der Waals surface area (Å²) < 4.78 is 18.7. The van der Waals surface area contributed by atoms with Gasteiger partial charge in [0.2, 0.25) is 0 Å². The van der Waals surface area contributed by atoms with Crippen LogP contribution < -0.4 is 10.6 Å². The zero-order chi connectivity index (χ0) is 9.84. The summed E-state index contributed by atoms with van der Waals surface area (Å²) in [6, 6.07) is 2.81. The molecule has 3 nitrogen and oxygen atoms in total. The van der Waals surface area contributed by atoms with Gasteiger partial charge in [0.25, 0.3) is 0 Å². The van der Waals surface area contributed by atoms with Crippen LogP contribution in [-0.4, -0.2) is 13.3 Å². The highest BCUT2D eigenvalue weighted by atomic mass is 79.9. The molecule has 5 heteroatoms. The summed E-state index contributed by atoms with van der Waals surface area (Å²) in [5.74, 6) is 4.92. The Morgan fingerprint density at radius 3 is 2.85 bits per heavy atom. The number of halogens is 2. The lowest BCUT2D eigenvalue weighted by Crippen LogP contribution is -1.94. The van der Waals surface area contributed by atoms with Gasteiger partial charge in [-0.1, -0.05) is 0 Å². The Hall–Kier alpha value is -1.10. The van der Waals surface area contributed by atoms with E-state index in [0.29, 0.717) is 15.8 Å². The topological polar surface area (TPSA) is 47.6 Å². The van der Waals surface area contributed by atoms with Gasteiger partial charge in [-0.2, -0.15) is 5.10 Å². The Kier molecular flexibility index (Phi) is 3.25. The highest BCUT2D eigenvalue weighted by molar-refractivity contribution is 9.10. The fourth-order valence-corrected chi connectivity index (χ4v) is 1.40. The molecular formula is C8H8BrFN2O. The smallest absolute Gasteiger partial charge is 0.136 e. The molecular weight excluding hydrogens is 239 g/mol. The standard InChI is InChI=1S/C8H8BrFN2O/c1-13-8-3-7(10)5(4-12-11)2-6(8)9/h2-4H,11H2,1H3. The van der Waals surface area contributed by atoms with Crippen molar-refractivity contribution in [1.82, 2.24) is 0 Å². The molecule has 1 aromatic carbocycles. The van der Waals surface area contributed by atoms with Gasteiger partial charge in [0.05, 0.1) is 17.8 Å². The first-order valence-electron chi connectivity index (χ1n) is 3.45. The molecule has 0 aromatic heterocycles. The lowest BCUT2D eigenvalue weighted by Gasteiger charge is -2.04. The highest BCUT2D eigenvalue weighted by Crippen LogP contribution is 2.26. The van der Waals surface area contributed by atoms with Gasteiger partial charge in [-0.05, 0) is 22.0 Å². The molecule has 0 saturated carbocycles. The third-order valence-electron chi connectivity index (χ3n) is 1.48. The Balaban J connectivity index is 3.20. The molecule has 0 aliphatic heterocycles. The van der Waals surface area contributed by atoms with E-state index in [1.165, 1.54) is 19.4 Å². The molecule has 0 saturated heterocycles. The van der Waals surface area contributed by atoms with Gasteiger partial charge in [-0.15, -0.1) is 0 Å². The van der Waals surface area contributed by atoms with Gasteiger partial charge in [0, 0.05) is 11.6 Å². The van der Waals surface area contributed by atoms with Crippen LogP contribution in [0.4, 0.5) is 4.39 Å². The number of nitrogens with zero attached hydrogens (tertiary/aromatic N) is 1. The molecule has 0 fully saturated rings. The molecule has 0 spiro atoms. The molecule has 70 valence electrons. The molecule has 1 rings (SSSR count). The number of ether oxygens (including phenoxy) is 1. The van der Waals surface area contributed by atoms with E-state index in [9.17, 15) is 4.39 Å². The third-order valence-corrected chi connectivity index (χ3v) is 2.10. The minimum atomic E-state index is -0.422. The zero-order valence-corrected chi connectivity index (χ0v) is 8.51. The van der Waals surface area contributed by atoms with Crippen LogP contribution in [0.1, 0.15) is 5.56 Å². The summed E-state index contributed by atoms with van der Waals surface area (Å²) in [5.41, 5.74) is 0.315. The van der Waals surface area contributed by atoms with E-state index in [1.54, 1.807) is 6.07 Å². The van der Waals surface area contributed by atoms with E-state index < -0.39 is 5.82 Å². The molecule has 0 amide bonds. The van der Waals surface area contributed by atoms with Crippen molar-refractivity contribution in [2.24, 2.45) is 10.9 Å². The number of benzene rings is 1. The Morgan fingerprint density at radius 2 is 2.31 bits per heavy atom. The predicted molar refractivity (Wildman–Crippen MR) is 52.4 cm³/mol. The summed E-state index contributed by atoms with van der Waals surface area (Å²) in [6.07, 6.45) is 1.24. The fraction of sp³-hybridized carbons (Fsp3) is 0.125. The van der Waals surface area contributed by atoms with Crippen molar-refractivity contribution in [3.05, 3.63) is 28.0 Å². The van der Waals surface area contributed by atoms with Crippen molar-refractivity contribution in [2.75, 3.05) is 7.11 Å². The first-order chi connectivity index (χ1) is 6.19. The van der Waals surface area contributed by atoms with Crippen LogP contribution in [0.15, 0.2) is 21.7 Å². The number of rotatable bonds is 2. The van der Waals surface area contributed by atoms with E-state index in [1.807, 2.05) is 0 Å². The second kappa shape index (κ2) is 4.23. The first-order valence-corrected chi connectivity index (χ1v) is 4.24. The van der Waals surface area contributed by atoms with E-state index in [2.05, 4.69) is 21.0 Å². The normalized spacial score (nSPS) is 10.7.